The van der Waals surface area contributed by atoms with Gasteiger partial charge in [0.15, 0.2) is 0 Å². The standard InChI is InChI=1S/C21H37NO3Si/c1-15(2)26(16(3)4,17(5)6)25-18(7)20(22-8)21(23)24-14-19-12-10-9-11-13-19/h9-13,15-18,20,22H,14H2,1-8H3. The Kier molecular flexibility index (Phi) is 9.00. The number of rotatable bonds is 10. The van der Waals surface area contributed by atoms with Gasteiger partial charge in [-0.25, -0.2) is 0 Å². The van der Waals surface area contributed by atoms with Gasteiger partial charge in [0.25, 0.3) is 0 Å². The number of carbonyl (C=O) groups excluding carboxylic acids is 1. The molecule has 0 bridgehead atoms. The number of ether oxygens (including phenoxy) is 1. The molecule has 0 aromatic heterocycles. The molecule has 4 nitrogen and oxygen atoms in total. The summed E-state index contributed by atoms with van der Waals surface area (Å²) in [6.45, 7) is 15.8. The van der Waals surface area contributed by atoms with E-state index in [9.17, 15) is 4.79 Å². The number of esters is 1. The van der Waals surface area contributed by atoms with E-state index >= 15 is 0 Å². The minimum Gasteiger partial charge on any atom is -0.460 e. The molecule has 1 aromatic carbocycles. The normalized spacial score (nSPS) is 14.7. The van der Waals surface area contributed by atoms with E-state index in [2.05, 4.69) is 46.9 Å². The maximum Gasteiger partial charge on any atom is 0.326 e. The van der Waals surface area contributed by atoms with Gasteiger partial charge in [0, 0.05) is 0 Å². The van der Waals surface area contributed by atoms with Crippen molar-refractivity contribution in [2.75, 3.05) is 7.05 Å². The van der Waals surface area contributed by atoms with Gasteiger partial charge in [-0.2, -0.15) is 0 Å². The van der Waals surface area contributed by atoms with Crippen molar-refractivity contribution in [2.45, 2.75) is 83.8 Å². The third kappa shape index (κ3) is 5.41. The van der Waals surface area contributed by atoms with Crippen LogP contribution in [0.2, 0.25) is 16.6 Å². The predicted octanol–water partition coefficient (Wildman–Crippen LogP) is 4.90. The smallest absolute Gasteiger partial charge is 0.326 e. The van der Waals surface area contributed by atoms with E-state index < -0.39 is 14.4 Å². The first kappa shape index (κ1) is 22.9. The quantitative estimate of drug-likeness (QED) is 0.464. The lowest BCUT2D eigenvalue weighted by atomic mass is 10.2. The average Bonchev–Trinajstić information content (AvgIpc) is 2.58. The second kappa shape index (κ2) is 10.2. The summed E-state index contributed by atoms with van der Waals surface area (Å²) in [6, 6.07) is 9.27. The van der Waals surface area contributed by atoms with Crippen LogP contribution in [0.5, 0.6) is 0 Å². The molecule has 0 amide bonds. The molecule has 0 aliphatic heterocycles. The van der Waals surface area contributed by atoms with Gasteiger partial charge in [0.2, 0.25) is 8.32 Å². The van der Waals surface area contributed by atoms with Crippen LogP contribution in [0.1, 0.15) is 54.0 Å². The van der Waals surface area contributed by atoms with Gasteiger partial charge in [-0.15, -0.1) is 0 Å². The van der Waals surface area contributed by atoms with Gasteiger partial charge < -0.3 is 14.5 Å². The second-order valence-electron chi connectivity index (χ2n) is 8.00. The number of benzene rings is 1. The van der Waals surface area contributed by atoms with Crippen molar-refractivity contribution in [3.63, 3.8) is 0 Å². The molecule has 0 aliphatic carbocycles. The molecule has 1 rings (SSSR count). The van der Waals surface area contributed by atoms with Gasteiger partial charge in [0.05, 0.1) is 6.10 Å². The van der Waals surface area contributed by atoms with Gasteiger partial charge in [-0.1, -0.05) is 71.9 Å². The summed E-state index contributed by atoms with van der Waals surface area (Å²) in [5, 5.41) is 3.10. The Balaban J connectivity index is 2.85. The predicted molar refractivity (Wildman–Crippen MR) is 111 cm³/mol. The van der Waals surface area contributed by atoms with Gasteiger partial charge >= 0.3 is 5.97 Å². The Morgan fingerprint density at radius 2 is 1.46 bits per heavy atom. The lowest BCUT2D eigenvalue weighted by Gasteiger charge is -2.45. The molecule has 0 aliphatic rings. The van der Waals surface area contributed by atoms with Crippen LogP contribution in [-0.2, 0) is 20.6 Å². The average molecular weight is 380 g/mol. The van der Waals surface area contributed by atoms with Gasteiger partial charge in [0.1, 0.15) is 12.6 Å². The van der Waals surface area contributed by atoms with Crippen molar-refractivity contribution in [3.05, 3.63) is 35.9 Å². The first-order chi connectivity index (χ1) is 12.2. The minimum atomic E-state index is -2.05. The highest BCUT2D eigenvalue weighted by molar-refractivity contribution is 6.77. The summed E-state index contributed by atoms with van der Waals surface area (Å²) < 4.78 is 12.3. The fourth-order valence-electron chi connectivity index (χ4n) is 4.16. The third-order valence-corrected chi connectivity index (χ3v) is 11.5. The molecule has 1 N–H and O–H groups in total. The third-order valence-electron chi connectivity index (χ3n) is 5.36. The molecule has 0 fully saturated rings. The highest BCUT2D eigenvalue weighted by Crippen LogP contribution is 2.43. The van der Waals surface area contributed by atoms with E-state index in [1.165, 1.54) is 0 Å². The van der Waals surface area contributed by atoms with Crippen molar-refractivity contribution in [1.82, 2.24) is 5.32 Å². The van der Waals surface area contributed by atoms with Crippen molar-refractivity contribution in [2.24, 2.45) is 0 Å². The Hall–Kier alpha value is -1.17. The highest BCUT2D eigenvalue weighted by atomic mass is 28.4. The molecule has 2 atom stereocenters. The van der Waals surface area contributed by atoms with Crippen molar-refractivity contribution >= 4 is 14.3 Å². The van der Waals surface area contributed by atoms with Crippen LogP contribution in [0.25, 0.3) is 0 Å². The van der Waals surface area contributed by atoms with E-state index in [0.717, 1.165) is 5.56 Å². The van der Waals surface area contributed by atoms with Crippen LogP contribution < -0.4 is 5.32 Å². The first-order valence-corrected chi connectivity index (χ1v) is 11.9. The Morgan fingerprint density at radius 3 is 1.88 bits per heavy atom. The van der Waals surface area contributed by atoms with E-state index in [4.69, 9.17) is 9.16 Å². The van der Waals surface area contributed by atoms with Crippen LogP contribution >= 0.6 is 0 Å². The topological polar surface area (TPSA) is 47.6 Å². The Labute approximate surface area is 160 Å². The minimum absolute atomic E-state index is 0.234. The van der Waals surface area contributed by atoms with Crippen molar-refractivity contribution in [1.29, 1.82) is 0 Å². The Bertz CT molecular complexity index is 524. The first-order valence-electron chi connectivity index (χ1n) is 9.72. The number of hydrogen-bond acceptors (Lipinski definition) is 4. The molecule has 5 heteroatoms. The summed E-state index contributed by atoms with van der Waals surface area (Å²) in [7, 11) is -0.261. The van der Waals surface area contributed by atoms with Gasteiger partial charge in [-0.3, -0.25) is 4.79 Å². The summed E-state index contributed by atoms with van der Waals surface area (Å²) in [4.78, 5) is 12.6. The number of hydrogen-bond donors (Lipinski definition) is 1. The van der Waals surface area contributed by atoms with Crippen LogP contribution in [0.15, 0.2) is 30.3 Å². The SMILES string of the molecule is CNC(C(=O)OCc1ccccc1)C(C)O[Si](C(C)C)(C(C)C)C(C)C. The number of nitrogens with one attached hydrogen (secondary N) is 1. The van der Waals surface area contributed by atoms with Crippen LogP contribution in [-0.4, -0.2) is 33.5 Å². The molecule has 0 saturated heterocycles. The molecule has 0 saturated carbocycles. The molecular formula is C21H37NO3Si. The summed E-state index contributed by atoms with van der Waals surface area (Å²) in [5.41, 5.74) is 2.41. The van der Waals surface area contributed by atoms with Crippen molar-refractivity contribution < 1.29 is 14.0 Å². The van der Waals surface area contributed by atoms with E-state index in [-0.39, 0.29) is 18.7 Å². The zero-order valence-electron chi connectivity index (χ0n) is 17.7. The summed E-state index contributed by atoms with van der Waals surface area (Å²) in [5.74, 6) is -0.261. The monoisotopic (exact) mass is 379 g/mol. The molecule has 2 unspecified atom stereocenters. The summed E-state index contributed by atoms with van der Waals surface area (Å²) in [6.07, 6.45) is -0.234. The maximum atomic E-state index is 12.6. The van der Waals surface area contributed by atoms with E-state index in [1.54, 1.807) is 7.05 Å². The largest absolute Gasteiger partial charge is 0.460 e. The number of carbonyl (C=O) groups is 1. The van der Waals surface area contributed by atoms with Crippen LogP contribution in [0, 0.1) is 0 Å². The van der Waals surface area contributed by atoms with Crippen LogP contribution in [0.3, 0.4) is 0 Å². The molecule has 0 radical (unpaired) electrons. The zero-order valence-corrected chi connectivity index (χ0v) is 18.7. The second-order valence-corrected chi connectivity index (χ2v) is 13.4. The fraction of sp³-hybridized carbons (Fsp3) is 0.667. The summed E-state index contributed by atoms with van der Waals surface area (Å²) >= 11 is 0. The molecule has 148 valence electrons. The zero-order chi connectivity index (χ0) is 19.9. The molecule has 26 heavy (non-hydrogen) atoms. The highest BCUT2D eigenvalue weighted by Gasteiger charge is 2.47. The van der Waals surface area contributed by atoms with Gasteiger partial charge in [-0.05, 0) is 36.2 Å². The lowest BCUT2D eigenvalue weighted by Crippen LogP contribution is -2.55. The molecule has 1 aromatic rings. The molecular weight excluding hydrogens is 342 g/mol. The fourth-order valence-corrected chi connectivity index (χ4v) is 9.76. The Morgan fingerprint density at radius 1 is 0.962 bits per heavy atom. The lowest BCUT2D eigenvalue weighted by molar-refractivity contribution is -0.149. The van der Waals surface area contributed by atoms with E-state index in [0.29, 0.717) is 16.6 Å². The van der Waals surface area contributed by atoms with Crippen LogP contribution in [0.4, 0.5) is 0 Å². The molecule has 0 spiro atoms. The molecule has 0 heterocycles. The van der Waals surface area contributed by atoms with Crippen molar-refractivity contribution in [3.8, 4) is 0 Å². The van der Waals surface area contributed by atoms with E-state index in [1.807, 2.05) is 37.3 Å². The maximum absolute atomic E-state index is 12.6. The number of likely N-dealkylation sites (N-methyl/N-ethyl adjacent to an activating group) is 1.